The first-order valence-electron chi connectivity index (χ1n) is 9.92. The van der Waals surface area contributed by atoms with Gasteiger partial charge in [0.25, 0.3) is 5.91 Å². The zero-order valence-electron chi connectivity index (χ0n) is 16.8. The summed E-state index contributed by atoms with van der Waals surface area (Å²) in [5, 5.41) is 2.08. The Kier molecular flexibility index (Phi) is 5.84. The highest BCUT2D eigenvalue weighted by Crippen LogP contribution is 2.32. The average Bonchev–Trinajstić information content (AvgIpc) is 3.24. The molecular formula is C24H23NO5. The zero-order valence-corrected chi connectivity index (χ0v) is 16.8. The first-order chi connectivity index (χ1) is 14.6. The second-order valence-electron chi connectivity index (χ2n) is 7.07. The van der Waals surface area contributed by atoms with E-state index in [0.29, 0.717) is 24.6 Å². The van der Waals surface area contributed by atoms with E-state index in [2.05, 4.69) is 0 Å². The van der Waals surface area contributed by atoms with Crippen molar-refractivity contribution in [1.82, 2.24) is 4.90 Å². The van der Waals surface area contributed by atoms with Gasteiger partial charge in [-0.15, -0.1) is 0 Å². The van der Waals surface area contributed by atoms with Crippen LogP contribution in [-0.2, 0) is 27.3 Å². The van der Waals surface area contributed by atoms with Gasteiger partial charge in [-0.05, 0) is 41.0 Å². The molecule has 30 heavy (non-hydrogen) atoms. The molecule has 0 aliphatic carbocycles. The predicted octanol–water partition coefficient (Wildman–Crippen LogP) is 3.70. The van der Waals surface area contributed by atoms with E-state index in [0.717, 1.165) is 21.9 Å². The van der Waals surface area contributed by atoms with Crippen LogP contribution in [0.2, 0.25) is 0 Å². The SMILES string of the molecule is CCN(Cc1ccc2c(c1)OCO2)C(=O)COC(=O)Cc1cccc2ccccc12. The van der Waals surface area contributed by atoms with Crippen molar-refractivity contribution in [1.29, 1.82) is 0 Å². The number of hydrogen-bond acceptors (Lipinski definition) is 5. The molecule has 1 aliphatic rings. The summed E-state index contributed by atoms with van der Waals surface area (Å²) in [6.07, 6.45) is 0.128. The Morgan fingerprint density at radius 2 is 1.80 bits per heavy atom. The van der Waals surface area contributed by atoms with Gasteiger partial charge in [-0.25, -0.2) is 0 Å². The number of fused-ring (bicyclic) bond motifs is 2. The van der Waals surface area contributed by atoms with Gasteiger partial charge in [-0.1, -0.05) is 48.5 Å². The van der Waals surface area contributed by atoms with Gasteiger partial charge in [0.15, 0.2) is 18.1 Å². The Labute approximate surface area is 175 Å². The highest BCUT2D eigenvalue weighted by Gasteiger charge is 2.18. The molecule has 0 N–H and O–H groups in total. The fraction of sp³-hybridized carbons (Fsp3) is 0.250. The number of carbonyl (C=O) groups is 2. The molecule has 1 amide bonds. The van der Waals surface area contributed by atoms with Gasteiger partial charge in [0.05, 0.1) is 6.42 Å². The summed E-state index contributed by atoms with van der Waals surface area (Å²) in [6.45, 7) is 2.74. The van der Waals surface area contributed by atoms with Crippen molar-refractivity contribution in [3.63, 3.8) is 0 Å². The third kappa shape index (κ3) is 4.38. The largest absolute Gasteiger partial charge is 0.455 e. The maximum atomic E-state index is 12.6. The van der Waals surface area contributed by atoms with Crippen LogP contribution in [-0.4, -0.2) is 36.7 Å². The average molecular weight is 405 g/mol. The van der Waals surface area contributed by atoms with Gasteiger partial charge in [0.2, 0.25) is 6.79 Å². The Bertz CT molecular complexity index is 1070. The van der Waals surface area contributed by atoms with E-state index >= 15 is 0 Å². The lowest BCUT2D eigenvalue weighted by atomic mass is 10.0. The second kappa shape index (κ2) is 8.86. The third-order valence-corrected chi connectivity index (χ3v) is 5.12. The third-order valence-electron chi connectivity index (χ3n) is 5.12. The molecule has 0 saturated carbocycles. The molecule has 4 rings (SSSR count). The molecule has 154 valence electrons. The first-order valence-corrected chi connectivity index (χ1v) is 9.92. The number of nitrogens with zero attached hydrogens (tertiary/aromatic N) is 1. The number of ether oxygens (including phenoxy) is 3. The molecule has 0 bridgehead atoms. The highest BCUT2D eigenvalue weighted by atomic mass is 16.7. The van der Waals surface area contributed by atoms with E-state index in [1.54, 1.807) is 4.90 Å². The summed E-state index contributed by atoms with van der Waals surface area (Å²) in [5.41, 5.74) is 1.81. The van der Waals surface area contributed by atoms with Gasteiger partial charge in [0, 0.05) is 13.1 Å². The highest BCUT2D eigenvalue weighted by molar-refractivity contribution is 5.89. The van der Waals surface area contributed by atoms with Crippen LogP contribution < -0.4 is 9.47 Å². The molecule has 6 heteroatoms. The van der Waals surface area contributed by atoms with Crippen molar-refractivity contribution in [3.05, 3.63) is 71.8 Å². The summed E-state index contributed by atoms with van der Waals surface area (Å²) in [5.74, 6) is 0.730. The maximum Gasteiger partial charge on any atom is 0.310 e. The predicted molar refractivity (Wildman–Crippen MR) is 112 cm³/mol. The summed E-state index contributed by atoms with van der Waals surface area (Å²) in [6, 6.07) is 19.3. The zero-order chi connectivity index (χ0) is 20.9. The topological polar surface area (TPSA) is 65.1 Å². The maximum absolute atomic E-state index is 12.6. The standard InChI is InChI=1S/C24H23NO5/c1-2-25(14-17-10-11-21-22(12-17)30-16-29-21)23(26)15-28-24(27)13-19-8-5-7-18-6-3-4-9-20(18)19/h3-12H,2,13-16H2,1H3. The van der Waals surface area contributed by atoms with Crippen LogP contribution in [0, 0.1) is 0 Å². The lowest BCUT2D eigenvalue weighted by molar-refractivity contribution is -0.151. The number of likely N-dealkylation sites (N-methyl/N-ethyl adjacent to an activating group) is 1. The molecule has 1 heterocycles. The number of hydrogen-bond donors (Lipinski definition) is 0. The molecule has 6 nitrogen and oxygen atoms in total. The Morgan fingerprint density at radius 3 is 2.67 bits per heavy atom. The molecule has 0 atom stereocenters. The molecule has 1 aliphatic heterocycles. The first kappa shape index (κ1) is 19.8. The van der Waals surface area contributed by atoms with Gasteiger partial charge in [-0.3, -0.25) is 9.59 Å². The smallest absolute Gasteiger partial charge is 0.310 e. The molecule has 3 aromatic carbocycles. The molecule has 3 aromatic rings. The number of esters is 1. The normalized spacial score (nSPS) is 12.0. The van der Waals surface area contributed by atoms with Gasteiger partial charge in [0.1, 0.15) is 0 Å². The molecular weight excluding hydrogens is 382 g/mol. The van der Waals surface area contributed by atoms with Gasteiger partial charge in [-0.2, -0.15) is 0 Å². The second-order valence-corrected chi connectivity index (χ2v) is 7.07. The minimum atomic E-state index is -0.418. The Balaban J connectivity index is 1.34. The molecule has 0 unspecified atom stereocenters. The van der Waals surface area contributed by atoms with Crippen LogP contribution in [0.3, 0.4) is 0 Å². The van der Waals surface area contributed by atoms with Crippen LogP contribution >= 0.6 is 0 Å². The van der Waals surface area contributed by atoms with Gasteiger partial charge >= 0.3 is 5.97 Å². The monoisotopic (exact) mass is 405 g/mol. The number of amides is 1. The number of carbonyl (C=O) groups excluding carboxylic acids is 2. The summed E-state index contributed by atoms with van der Waals surface area (Å²) >= 11 is 0. The van der Waals surface area contributed by atoms with Crippen molar-refractivity contribution in [3.8, 4) is 11.5 Å². The van der Waals surface area contributed by atoms with E-state index in [1.807, 2.05) is 67.6 Å². The van der Waals surface area contributed by atoms with Gasteiger partial charge < -0.3 is 19.1 Å². The van der Waals surface area contributed by atoms with Crippen molar-refractivity contribution in [2.45, 2.75) is 19.9 Å². The van der Waals surface area contributed by atoms with E-state index in [1.165, 1.54) is 0 Å². The van der Waals surface area contributed by atoms with E-state index < -0.39 is 5.97 Å². The van der Waals surface area contributed by atoms with Crippen molar-refractivity contribution in [2.75, 3.05) is 19.9 Å². The molecule has 0 radical (unpaired) electrons. The van der Waals surface area contributed by atoms with E-state index in [-0.39, 0.29) is 25.7 Å². The summed E-state index contributed by atoms with van der Waals surface area (Å²) in [4.78, 5) is 26.6. The molecule has 0 aromatic heterocycles. The fourth-order valence-corrected chi connectivity index (χ4v) is 3.52. The molecule has 0 saturated heterocycles. The minimum Gasteiger partial charge on any atom is -0.455 e. The lowest BCUT2D eigenvalue weighted by Gasteiger charge is -2.21. The summed E-state index contributed by atoms with van der Waals surface area (Å²) in [7, 11) is 0. The Morgan fingerprint density at radius 1 is 1.00 bits per heavy atom. The lowest BCUT2D eigenvalue weighted by Crippen LogP contribution is -2.34. The van der Waals surface area contributed by atoms with Crippen LogP contribution in [0.15, 0.2) is 60.7 Å². The van der Waals surface area contributed by atoms with Crippen LogP contribution in [0.1, 0.15) is 18.1 Å². The van der Waals surface area contributed by atoms with E-state index in [9.17, 15) is 9.59 Å². The Hall–Kier alpha value is -3.54. The van der Waals surface area contributed by atoms with Crippen LogP contribution in [0.4, 0.5) is 0 Å². The van der Waals surface area contributed by atoms with E-state index in [4.69, 9.17) is 14.2 Å². The minimum absolute atomic E-state index is 0.128. The fourth-order valence-electron chi connectivity index (χ4n) is 3.52. The van der Waals surface area contributed by atoms with Crippen molar-refractivity contribution in [2.24, 2.45) is 0 Å². The van der Waals surface area contributed by atoms with Crippen LogP contribution in [0.25, 0.3) is 10.8 Å². The van der Waals surface area contributed by atoms with Crippen LogP contribution in [0.5, 0.6) is 11.5 Å². The number of benzene rings is 3. The number of rotatable bonds is 7. The molecule has 0 spiro atoms. The quantitative estimate of drug-likeness (QED) is 0.561. The van der Waals surface area contributed by atoms with Crippen molar-refractivity contribution >= 4 is 22.6 Å². The summed E-state index contributed by atoms with van der Waals surface area (Å²) < 4.78 is 16.0. The van der Waals surface area contributed by atoms with Crippen molar-refractivity contribution < 1.29 is 23.8 Å². The molecule has 0 fully saturated rings.